The molecule has 1 heteroatoms. The van der Waals surface area contributed by atoms with E-state index in [-0.39, 0.29) is 4.87 Å². The lowest BCUT2D eigenvalue weighted by Gasteiger charge is -2.22. The average Bonchev–Trinajstić information content (AvgIpc) is 2.03. The van der Waals surface area contributed by atoms with Crippen molar-refractivity contribution >= 4 is 11.6 Å². The second-order valence-corrected chi connectivity index (χ2v) is 5.16. The molecule has 0 nitrogen and oxygen atoms in total. The number of rotatable bonds is 2. The molecule has 0 N–H and O–H groups in total. The summed E-state index contributed by atoms with van der Waals surface area (Å²) in [6.45, 7) is 8.47. The zero-order chi connectivity index (χ0) is 10.1. The van der Waals surface area contributed by atoms with Crippen molar-refractivity contribution in [2.45, 2.75) is 38.5 Å². The van der Waals surface area contributed by atoms with Crippen LogP contribution in [0.25, 0.3) is 0 Å². The van der Waals surface area contributed by atoms with Crippen LogP contribution in [0.4, 0.5) is 0 Å². The fraction of sp³-hybridized carbons (Fsp3) is 0.500. The molecule has 0 saturated heterocycles. The first-order valence-electron chi connectivity index (χ1n) is 4.71. The van der Waals surface area contributed by atoms with Crippen molar-refractivity contribution in [1.82, 2.24) is 0 Å². The second-order valence-electron chi connectivity index (χ2n) is 4.21. The van der Waals surface area contributed by atoms with Crippen LogP contribution in [0.3, 0.4) is 0 Å². The molecule has 1 aromatic carbocycles. The van der Waals surface area contributed by atoms with E-state index < -0.39 is 0 Å². The highest BCUT2D eigenvalue weighted by atomic mass is 35.5. The van der Waals surface area contributed by atoms with E-state index in [2.05, 4.69) is 32.0 Å². The largest absolute Gasteiger partial charge is 0.115 e. The van der Waals surface area contributed by atoms with Gasteiger partial charge in [0.2, 0.25) is 0 Å². The predicted octanol–water partition coefficient (Wildman–Crippen LogP) is 4.28. The highest BCUT2D eigenvalue weighted by Gasteiger charge is 2.20. The molecule has 0 aliphatic heterocycles. The van der Waals surface area contributed by atoms with Crippen molar-refractivity contribution in [2.75, 3.05) is 0 Å². The lowest BCUT2D eigenvalue weighted by Crippen LogP contribution is -2.11. The SMILES string of the molecule is CC(C)c1ccccc1C(C)(C)Cl. The van der Waals surface area contributed by atoms with Crippen LogP contribution in [-0.4, -0.2) is 0 Å². The van der Waals surface area contributed by atoms with Crippen LogP contribution in [0.1, 0.15) is 44.7 Å². The Hall–Kier alpha value is -0.490. The maximum absolute atomic E-state index is 6.31. The van der Waals surface area contributed by atoms with Gasteiger partial charge in [-0.15, -0.1) is 11.6 Å². The van der Waals surface area contributed by atoms with Crippen molar-refractivity contribution in [1.29, 1.82) is 0 Å². The number of hydrogen-bond donors (Lipinski definition) is 0. The Bertz CT molecular complexity index is 281. The molecule has 0 unspecified atom stereocenters. The molecule has 13 heavy (non-hydrogen) atoms. The van der Waals surface area contributed by atoms with Crippen molar-refractivity contribution in [3.63, 3.8) is 0 Å². The van der Waals surface area contributed by atoms with Crippen LogP contribution >= 0.6 is 11.6 Å². The third kappa shape index (κ3) is 2.47. The van der Waals surface area contributed by atoms with Crippen molar-refractivity contribution in [3.05, 3.63) is 35.4 Å². The Morgan fingerprint density at radius 1 is 1.15 bits per heavy atom. The summed E-state index contributed by atoms with van der Waals surface area (Å²) < 4.78 is 0. The first-order valence-corrected chi connectivity index (χ1v) is 5.09. The zero-order valence-corrected chi connectivity index (χ0v) is 9.52. The molecule has 0 aliphatic carbocycles. The molecular formula is C12H17Cl. The maximum atomic E-state index is 6.31. The summed E-state index contributed by atoms with van der Waals surface area (Å²) in [5, 5.41) is 0. The van der Waals surface area contributed by atoms with E-state index in [4.69, 9.17) is 11.6 Å². The van der Waals surface area contributed by atoms with Gasteiger partial charge in [0.05, 0.1) is 4.87 Å². The van der Waals surface area contributed by atoms with E-state index in [9.17, 15) is 0 Å². The Labute approximate surface area is 85.9 Å². The molecule has 0 aromatic heterocycles. The molecule has 0 heterocycles. The summed E-state index contributed by atoms with van der Waals surface area (Å²) in [6, 6.07) is 8.39. The molecule has 0 atom stereocenters. The number of halogens is 1. The third-order valence-corrected chi connectivity index (χ3v) is 2.43. The van der Waals surface area contributed by atoms with Crippen LogP contribution in [0, 0.1) is 0 Å². The highest BCUT2D eigenvalue weighted by Crippen LogP contribution is 2.33. The van der Waals surface area contributed by atoms with E-state index in [0.29, 0.717) is 5.92 Å². The summed E-state index contributed by atoms with van der Waals surface area (Å²) in [5.41, 5.74) is 2.59. The molecule has 0 spiro atoms. The minimum absolute atomic E-state index is 0.263. The van der Waals surface area contributed by atoms with Crippen molar-refractivity contribution in [3.8, 4) is 0 Å². The fourth-order valence-electron chi connectivity index (χ4n) is 1.54. The number of hydrogen-bond acceptors (Lipinski definition) is 0. The van der Waals surface area contributed by atoms with Crippen LogP contribution in [0.15, 0.2) is 24.3 Å². The molecule has 0 bridgehead atoms. The van der Waals surface area contributed by atoms with Gasteiger partial charge in [0.1, 0.15) is 0 Å². The molecule has 1 aromatic rings. The van der Waals surface area contributed by atoms with Crippen LogP contribution in [-0.2, 0) is 4.87 Å². The molecule has 72 valence electrons. The van der Waals surface area contributed by atoms with E-state index in [0.717, 1.165) is 0 Å². The molecular weight excluding hydrogens is 180 g/mol. The summed E-state index contributed by atoms with van der Waals surface area (Å²) >= 11 is 6.31. The van der Waals surface area contributed by atoms with Crippen LogP contribution in [0.5, 0.6) is 0 Å². The van der Waals surface area contributed by atoms with E-state index >= 15 is 0 Å². The van der Waals surface area contributed by atoms with Crippen molar-refractivity contribution in [2.24, 2.45) is 0 Å². The van der Waals surface area contributed by atoms with Crippen LogP contribution in [0.2, 0.25) is 0 Å². The zero-order valence-electron chi connectivity index (χ0n) is 8.76. The molecule has 0 fully saturated rings. The van der Waals surface area contributed by atoms with E-state index in [1.807, 2.05) is 19.9 Å². The first-order chi connectivity index (χ1) is 5.93. The normalized spacial score (nSPS) is 12.2. The molecule has 1 rings (SSSR count). The molecule has 0 amide bonds. The van der Waals surface area contributed by atoms with Gasteiger partial charge < -0.3 is 0 Å². The topological polar surface area (TPSA) is 0 Å². The average molecular weight is 197 g/mol. The Kier molecular flexibility index (Phi) is 3.02. The van der Waals surface area contributed by atoms with Crippen molar-refractivity contribution < 1.29 is 0 Å². The third-order valence-electron chi connectivity index (χ3n) is 2.22. The van der Waals surface area contributed by atoms with Gasteiger partial charge in [-0.05, 0) is 30.9 Å². The van der Waals surface area contributed by atoms with Gasteiger partial charge in [0.15, 0.2) is 0 Å². The lowest BCUT2D eigenvalue weighted by molar-refractivity contribution is 0.728. The van der Waals surface area contributed by atoms with Gasteiger partial charge in [-0.1, -0.05) is 38.1 Å². The van der Waals surface area contributed by atoms with Gasteiger partial charge in [0.25, 0.3) is 0 Å². The lowest BCUT2D eigenvalue weighted by atomic mass is 9.90. The molecule has 0 aliphatic rings. The summed E-state index contributed by atoms with van der Waals surface area (Å²) in [7, 11) is 0. The smallest absolute Gasteiger partial charge is 0.0641 e. The summed E-state index contributed by atoms with van der Waals surface area (Å²) in [6.07, 6.45) is 0. The Balaban J connectivity index is 3.20. The van der Waals surface area contributed by atoms with Gasteiger partial charge in [-0.25, -0.2) is 0 Å². The van der Waals surface area contributed by atoms with Crippen LogP contribution < -0.4 is 0 Å². The maximum Gasteiger partial charge on any atom is 0.0641 e. The number of benzene rings is 1. The van der Waals surface area contributed by atoms with Gasteiger partial charge in [-0.3, -0.25) is 0 Å². The molecule has 0 saturated carbocycles. The van der Waals surface area contributed by atoms with E-state index in [1.165, 1.54) is 11.1 Å². The molecule has 0 radical (unpaired) electrons. The van der Waals surface area contributed by atoms with Gasteiger partial charge >= 0.3 is 0 Å². The Morgan fingerprint density at radius 2 is 1.69 bits per heavy atom. The minimum atomic E-state index is -0.263. The minimum Gasteiger partial charge on any atom is -0.115 e. The van der Waals surface area contributed by atoms with Gasteiger partial charge in [-0.2, -0.15) is 0 Å². The standard InChI is InChI=1S/C12H17Cl/c1-9(2)10-7-5-6-8-11(10)12(3,4)13/h5-9H,1-4H3. The predicted molar refractivity (Wildman–Crippen MR) is 59.4 cm³/mol. The quantitative estimate of drug-likeness (QED) is 0.620. The Morgan fingerprint density at radius 3 is 2.08 bits per heavy atom. The second kappa shape index (κ2) is 3.71. The monoisotopic (exact) mass is 196 g/mol. The first kappa shape index (κ1) is 10.6. The summed E-state index contributed by atoms with van der Waals surface area (Å²) in [4.78, 5) is -0.263. The van der Waals surface area contributed by atoms with Gasteiger partial charge in [0, 0.05) is 0 Å². The fourth-order valence-corrected chi connectivity index (χ4v) is 1.71. The van der Waals surface area contributed by atoms with E-state index in [1.54, 1.807) is 0 Å². The summed E-state index contributed by atoms with van der Waals surface area (Å²) in [5.74, 6) is 0.536. The highest BCUT2D eigenvalue weighted by molar-refractivity contribution is 6.23. The number of alkyl halides is 1.